The number of fused-ring (bicyclic) bond motifs is 1. The Kier molecular flexibility index (Phi) is 4.00. The number of nitrogens with zero attached hydrogens (tertiary/aromatic N) is 1. The summed E-state index contributed by atoms with van der Waals surface area (Å²) >= 11 is 5.42. The molecular weight excluding hydrogens is 332 g/mol. The SMILES string of the molecule is N#CCC1=CC=C(Br)CC1=C1CSc2ccccc2N1. The molecule has 0 radical (unpaired) electrons. The summed E-state index contributed by atoms with van der Waals surface area (Å²) in [5.74, 6) is 0.926. The lowest BCUT2D eigenvalue weighted by molar-refractivity contribution is 1.07. The molecule has 0 spiro atoms. The van der Waals surface area contributed by atoms with Crippen molar-refractivity contribution in [1.82, 2.24) is 0 Å². The first-order valence-corrected chi connectivity index (χ1v) is 8.19. The predicted molar refractivity (Wildman–Crippen MR) is 87.8 cm³/mol. The average molecular weight is 345 g/mol. The highest BCUT2D eigenvalue weighted by atomic mass is 79.9. The molecule has 1 aliphatic carbocycles. The Labute approximate surface area is 131 Å². The van der Waals surface area contributed by atoms with E-state index < -0.39 is 0 Å². The van der Waals surface area contributed by atoms with Crippen LogP contribution in [0.15, 0.2) is 62.6 Å². The van der Waals surface area contributed by atoms with E-state index in [1.54, 1.807) is 0 Å². The van der Waals surface area contributed by atoms with Gasteiger partial charge < -0.3 is 5.32 Å². The molecule has 0 saturated carbocycles. The molecule has 0 unspecified atom stereocenters. The van der Waals surface area contributed by atoms with Gasteiger partial charge in [0.2, 0.25) is 0 Å². The maximum Gasteiger partial charge on any atom is 0.0669 e. The van der Waals surface area contributed by atoms with Gasteiger partial charge in [0.1, 0.15) is 0 Å². The van der Waals surface area contributed by atoms with Crippen molar-refractivity contribution in [3.8, 4) is 6.07 Å². The van der Waals surface area contributed by atoms with Crippen molar-refractivity contribution in [2.45, 2.75) is 17.7 Å². The van der Waals surface area contributed by atoms with Crippen LogP contribution in [0.25, 0.3) is 0 Å². The molecule has 20 heavy (non-hydrogen) atoms. The number of thioether (sulfide) groups is 1. The number of rotatable bonds is 1. The van der Waals surface area contributed by atoms with Crippen LogP contribution in [0, 0.1) is 11.3 Å². The standard InChI is InChI=1S/C16H13BrN2S/c17-12-6-5-11(7-8-18)13(9-12)15-10-20-16-4-2-1-3-14(16)19-15/h1-6,19H,7,9-10H2. The molecule has 2 aliphatic rings. The number of benzene rings is 1. The van der Waals surface area contributed by atoms with Gasteiger partial charge in [-0.05, 0) is 27.8 Å². The summed E-state index contributed by atoms with van der Waals surface area (Å²) in [6, 6.07) is 10.6. The van der Waals surface area contributed by atoms with Crippen LogP contribution in [0.2, 0.25) is 0 Å². The summed E-state index contributed by atoms with van der Waals surface area (Å²) < 4.78 is 1.16. The van der Waals surface area contributed by atoms with Crippen molar-refractivity contribution in [1.29, 1.82) is 5.26 Å². The molecule has 3 rings (SSSR count). The third-order valence-electron chi connectivity index (χ3n) is 3.38. The quantitative estimate of drug-likeness (QED) is 0.780. The van der Waals surface area contributed by atoms with Crippen molar-refractivity contribution in [3.63, 3.8) is 0 Å². The number of allylic oxidation sites excluding steroid dienone is 5. The molecule has 1 heterocycles. The highest BCUT2D eigenvalue weighted by molar-refractivity contribution is 9.11. The van der Waals surface area contributed by atoms with Crippen LogP contribution in [0.4, 0.5) is 5.69 Å². The highest BCUT2D eigenvalue weighted by Crippen LogP contribution is 2.39. The highest BCUT2D eigenvalue weighted by Gasteiger charge is 2.20. The second-order valence-corrected chi connectivity index (χ2v) is 6.72. The third kappa shape index (κ3) is 2.70. The second kappa shape index (κ2) is 5.90. The van der Waals surface area contributed by atoms with Crippen LogP contribution >= 0.6 is 27.7 Å². The molecule has 100 valence electrons. The average Bonchev–Trinajstić information content (AvgIpc) is 2.49. The molecule has 1 N–H and O–H groups in total. The van der Waals surface area contributed by atoms with E-state index in [0.29, 0.717) is 6.42 Å². The van der Waals surface area contributed by atoms with E-state index in [4.69, 9.17) is 5.26 Å². The summed E-state index contributed by atoms with van der Waals surface area (Å²) in [6.45, 7) is 0. The van der Waals surface area contributed by atoms with Gasteiger partial charge in [-0.15, -0.1) is 11.8 Å². The maximum absolute atomic E-state index is 8.99. The van der Waals surface area contributed by atoms with Crippen molar-refractivity contribution in [2.75, 3.05) is 11.1 Å². The van der Waals surface area contributed by atoms with Gasteiger partial charge in [0, 0.05) is 22.8 Å². The number of anilines is 1. The Morgan fingerprint density at radius 3 is 3.00 bits per heavy atom. The molecule has 0 saturated heterocycles. The predicted octanol–water partition coefficient (Wildman–Crippen LogP) is 4.98. The van der Waals surface area contributed by atoms with Gasteiger partial charge in [-0.1, -0.05) is 40.2 Å². The van der Waals surface area contributed by atoms with Crippen LogP contribution < -0.4 is 5.32 Å². The van der Waals surface area contributed by atoms with Gasteiger partial charge in [-0.25, -0.2) is 0 Å². The molecule has 1 aromatic rings. The van der Waals surface area contributed by atoms with Crippen LogP contribution in [-0.2, 0) is 0 Å². The lowest BCUT2D eigenvalue weighted by atomic mass is 9.94. The molecule has 1 aliphatic heterocycles. The molecule has 0 aromatic heterocycles. The molecule has 0 atom stereocenters. The fraction of sp³-hybridized carbons (Fsp3) is 0.188. The third-order valence-corrected chi connectivity index (χ3v) is 5.02. The van der Waals surface area contributed by atoms with Gasteiger partial charge in [-0.2, -0.15) is 5.26 Å². The van der Waals surface area contributed by atoms with E-state index in [1.165, 1.54) is 16.2 Å². The molecule has 0 bridgehead atoms. The monoisotopic (exact) mass is 344 g/mol. The minimum absolute atomic E-state index is 0.462. The minimum Gasteiger partial charge on any atom is -0.357 e. The van der Waals surface area contributed by atoms with Crippen LogP contribution in [-0.4, -0.2) is 5.75 Å². The molecule has 0 amide bonds. The molecular formula is C16H13BrN2S. The number of halogens is 1. The van der Waals surface area contributed by atoms with Gasteiger partial charge in [-0.3, -0.25) is 0 Å². The molecule has 4 heteroatoms. The summed E-state index contributed by atoms with van der Waals surface area (Å²) in [6.07, 6.45) is 5.41. The van der Waals surface area contributed by atoms with E-state index in [-0.39, 0.29) is 0 Å². The number of hydrogen-bond donors (Lipinski definition) is 1. The van der Waals surface area contributed by atoms with Crippen molar-refractivity contribution < 1.29 is 0 Å². The minimum atomic E-state index is 0.462. The largest absolute Gasteiger partial charge is 0.357 e. The maximum atomic E-state index is 8.99. The Morgan fingerprint density at radius 1 is 1.30 bits per heavy atom. The Morgan fingerprint density at radius 2 is 2.15 bits per heavy atom. The zero-order chi connectivity index (χ0) is 13.9. The summed E-state index contributed by atoms with van der Waals surface area (Å²) in [7, 11) is 0. The topological polar surface area (TPSA) is 35.8 Å². The lowest BCUT2D eigenvalue weighted by Gasteiger charge is -2.25. The van der Waals surface area contributed by atoms with Crippen LogP contribution in [0.5, 0.6) is 0 Å². The van der Waals surface area contributed by atoms with E-state index in [2.05, 4.69) is 45.5 Å². The van der Waals surface area contributed by atoms with E-state index in [0.717, 1.165) is 27.9 Å². The molecule has 1 aromatic carbocycles. The number of nitrogens with one attached hydrogen (secondary N) is 1. The smallest absolute Gasteiger partial charge is 0.0669 e. The Balaban J connectivity index is 1.97. The van der Waals surface area contributed by atoms with Gasteiger partial charge in [0.15, 0.2) is 0 Å². The van der Waals surface area contributed by atoms with Gasteiger partial charge >= 0.3 is 0 Å². The molecule has 0 fully saturated rings. The normalized spacial score (nSPS) is 21.2. The first-order valence-electron chi connectivity index (χ1n) is 6.41. The van der Waals surface area contributed by atoms with Crippen molar-refractivity contribution >= 4 is 33.4 Å². The number of nitriles is 1. The van der Waals surface area contributed by atoms with E-state index in [1.807, 2.05) is 30.0 Å². The first kappa shape index (κ1) is 13.5. The van der Waals surface area contributed by atoms with E-state index >= 15 is 0 Å². The summed E-state index contributed by atoms with van der Waals surface area (Å²) in [5, 5.41) is 12.5. The fourth-order valence-electron chi connectivity index (χ4n) is 2.39. The Hall–Kier alpha value is -1.44. The lowest BCUT2D eigenvalue weighted by Crippen LogP contribution is -2.13. The second-order valence-electron chi connectivity index (χ2n) is 4.68. The van der Waals surface area contributed by atoms with E-state index in [9.17, 15) is 0 Å². The zero-order valence-corrected chi connectivity index (χ0v) is 13.2. The molecule has 2 nitrogen and oxygen atoms in total. The summed E-state index contributed by atoms with van der Waals surface area (Å²) in [5.41, 5.74) is 4.76. The van der Waals surface area contributed by atoms with Crippen LogP contribution in [0.1, 0.15) is 12.8 Å². The van der Waals surface area contributed by atoms with Gasteiger partial charge in [0.25, 0.3) is 0 Å². The first-order chi connectivity index (χ1) is 9.78. The van der Waals surface area contributed by atoms with Crippen LogP contribution in [0.3, 0.4) is 0 Å². The van der Waals surface area contributed by atoms with Crippen molar-refractivity contribution in [3.05, 3.63) is 57.7 Å². The number of para-hydroxylation sites is 1. The fourth-order valence-corrected chi connectivity index (χ4v) is 3.80. The number of hydrogen-bond acceptors (Lipinski definition) is 3. The van der Waals surface area contributed by atoms with Crippen molar-refractivity contribution in [2.24, 2.45) is 0 Å². The summed E-state index contributed by atoms with van der Waals surface area (Å²) in [4.78, 5) is 1.29. The Bertz CT molecular complexity index is 680. The van der Waals surface area contributed by atoms with Gasteiger partial charge in [0.05, 0.1) is 18.2 Å². The zero-order valence-electron chi connectivity index (χ0n) is 10.8.